The van der Waals surface area contributed by atoms with Crippen molar-refractivity contribution in [3.05, 3.63) is 35.6 Å². The van der Waals surface area contributed by atoms with Crippen LogP contribution < -0.4 is 16.0 Å². The van der Waals surface area contributed by atoms with Gasteiger partial charge in [-0.05, 0) is 44.0 Å². The molecule has 1 amide bonds. The number of nitrogens with one attached hydrogen (secondary N) is 1. The Kier molecular flexibility index (Phi) is 5.15. The van der Waals surface area contributed by atoms with Gasteiger partial charge in [0.25, 0.3) is 5.91 Å². The van der Waals surface area contributed by atoms with Crippen LogP contribution in [0.2, 0.25) is 0 Å². The summed E-state index contributed by atoms with van der Waals surface area (Å²) in [6.07, 6.45) is 1.55. The Morgan fingerprint density at radius 1 is 1.48 bits per heavy atom. The van der Waals surface area contributed by atoms with E-state index in [1.54, 1.807) is 26.2 Å². The number of pyridine rings is 1. The van der Waals surface area contributed by atoms with E-state index in [0.717, 1.165) is 19.4 Å². The molecule has 134 valence electrons. The number of amides is 1. The van der Waals surface area contributed by atoms with Gasteiger partial charge in [-0.25, -0.2) is 9.37 Å². The van der Waals surface area contributed by atoms with Crippen molar-refractivity contribution in [1.82, 2.24) is 10.3 Å². The molecule has 1 saturated heterocycles. The molecule has 0 spiro atoms. The molecule has 6 nitrogen and oxygen atoms in total. The second-order valence-corrected chi connectivity index (χ2v) is 6.40. The highest BCUT2D eigenvalue weighted by Crippen LogP contribution is 2.27. The van der Waals surface area contributed by atoms with E-state index in [-0.39, 0.29) is 17.8 Å². The fourth-order valence-corrected chi connectivity index (χ4v) is 3.15. The summed E-state index contributed by atoms with van der Waals surface area (Å²) >= 11 is 0. The number of halogens is 1. The highest BCUT2D eigenvalue weighted by atomic mass is 19.1. The number of fused-ring (bicyclic) bond motifs is 1. The number of carbonyl (C=O) groups is 1. The van der Waals surface area contributed by atoms with Crippen molar-refractivity contribution in [2.75, 3.05) is 25.1 Å². The predicted octanol–water partition coefficient (Wildman–Crippen LogP) is 2.02. The van der Waals surface area contributed by atoms with Gasteiger partial charge >= 0.3 is 0 Å². The van der Waals surface area contributed by atoms with Gasteiger partial charge in [0.2, 0.25) is 0 Å². The van der Waals surface area contributed by atoms with Crippen molar-refractivity contribution in [2.45, 2.75) is 32.0 Å². The van der Waals surface area contributed by atoms with E-state index in [0.29, 0.717) is 28.8 Å². The molecule has 0 saturated carbocycles. The minimum absolute atomic E-state index is 0.101. The Morgan fingerprint density at radius 2 is 2.28 bits per heavy atom. The predicted molar refractivity (Wildman–Crippen MR) is 95.1 cm³/mol. The van der Waals surface area contributed by atoms with Crippen LogP contribution in [0.5, 0.6) is 0 Å². The number of aromatic nitrogens is 1. The molecule has 1 aliphatic rings. The van der Waals surface area contributed by atoms with Crippen molar-refractivity contribution in [3.8, 4) is 0 Å². The maximum Gasteiger partial charge on any atom is 0.256 e. The Balaban J connectivity index is 2.07. The molecule has 25 heavy (non-hydrogen) atoms. The fourth-order valence-electron chi connectivity index (χ4n) is 3.15. The molecule has 7 heteroatoms. The normalized spacial score (nSPS) is 19.0. The van der Waals surface area contributed by atoms with Gasteiger partial charge < -0.3 is 20.7 Å². The molecule has 2 atom stereocenters. The van der Waals surface area contributed by atoms with E-state index < -0.39 is 6.17 Å². The summed E-state index contributed by atoms with van der Waals surface area (Å²) in [6, 6.07) is 6.05. The molecule has 1 aliphatic heterocycles. The van der Waals surface area contributed by atoms with E-state index in [2.05, 4.69) is 15.2 Å². The van der Waals surface area contributed by atoms with Crippen LogP contribution in [0.4, 0.5) is 10.2 Å². The molecular weight excluding hydrogens is 323 g/mol. The Bertz CT molecular complexity index is 781. The Labute approximate surface area is 146 Å². The summed E-state index contributed by atoms with van der Waals surface area (Å²) in [6.45, 7) is 3.14. The lowest BCUT2D eigenvalue weighted by Crippen LogP contribution is -2.43. The van der Waals surface area contributed by atoms with E-state index in [1.165, 1.54) is 12.1 Å². The number of ether oxygens (including phenoxy) is 1. The summed E-state index contributed by atoms with van der Waals surface area (Å²) in [7, 11) is 1.69. The minimum Gasteiger partial charge on any atom is -0.380 e. The zero-order valence-electron chi connectivity index (χ0n) is 14.5. The van der Waals surface area contributed by atoms with Gasteiger partial charge in [0.1, 0.15) is 11.6 Å². The van der Waals surface area contributed by atoms with Gasteiger partial charge in [-0.2, -0.15) is 0 Å². The Morgan fingerprint density at radius 3 is 3.00 bits per heavy atom. The van der Waals surface area contributed by atoms with Crippen molar-refractivity contribution < 1.29 is 13.9 Å². The lowest BCUT2D eigenvalue weighted by molar-refractivity contribution is 0.0884. The average Bonchev–Trinajstić information content (AvgIpc) is 2.60. The van der Waals surface area contributed by atoms with E-state index in [9.17, 15) is 9.18 Å². The van der Waals surface area contributed by atoms with Gasteiger partial charge in [0.15, 0.2) is 0 Å². The maximum atomic E-state index is 13.6. The van der Waals surface area contributed by atoms with E-state index >= 15 is 0 Å². The van der Waals surface area contributed by atoms with Crippen LogP contribution in [0.1, 0.15) is 30.1 Å². The summed E-state index contributed by atoms with van der Waals surface area (Å²) in [5, 5.41) is 3.27. The second kappa shape index (κ2) is 7.33. The van der Waals surface area contributed by atoms with Crippen LogP contribution in [0.3, 0.4) is 0 Å². The minimum atomic E-state index is -0.489. The first-order valence-electron chi connectivity index (χ1n) is 8.42. The summed E-state index contributed by atoms with van der Waals surface area (Å²) in [5.74, 6) is -0.0970. The van der Waals surface area contributed by atoms with Crippen molar-refractivity contribution in [1.29, 1.82) is 0 Å². The van der Waals surface area contributed by atoms with E-state index in [1.807, 2.05) is 0 Å². The lowest BCUT2D eigenvalue weighted by atomic mass is 10.1. The first-order chi connectivity index (χ1) is 12.0. The van der Waals surface area contributed by atoms with Crippen LogP contribution in [0.15, 0.2) is 24.3 Å². The number of benzene rings is 1. The summed E-state index contributed by atoms with van der Waals surface area (Å²) in [5.41, 5.74) is 6.74. The molecule has 2 aromatic rings. The molecule has 0 aliphatic carbocycles. The quantitative estimate of drug-likeness (QED) is 0.828. The number of carbonyl (C=O) groups excluding carboxylic acids is 1. The molecule has 1 aromatic heterocycles. The van der Waals surface area contributed by atoms with Gasteiger partial charge in [-0.3, -0.25) is 4.79 Å². The highest BCUT2D eigenvalue weighted by molar-refractivity contribution is 6.02. The molecule has 2 heterocycles. The first-order valence-corrected chi connectivity index (χ1v) is 8.42. The zero-order chi connectivity index (χ0) is 18.0. The fraction of sp³-hybridized carbons (Fsp3) is 0.444. The topological polar surface area (TPSA) is 80.5 Å². The number of anilines is 1. The number of methoxy groups -OCH3 is 1. The highest BCUT2D eigenvalue weighted by Gasteiger charge is 2.25. The standard InChI is InChI=1S/C18H23FN4O2/c1-11(20)21-18(24)15-9-12-8-13(19)5-6-16(12)22-17(15)23-7-3-4-14(10-23)25-2/h5-6,8-9,11,14H,3-4,7,10,20H2,1-2H3,(H,21,24). The van der Waals surface area contributed by atoms with E-state index in [4.69, 9.17) is 10.5 Å². The summed E-state index contributed by atoms with van der Waals surface area (Å²) < 4.78 is 19.0. The molecule has 3 rings (SSSR count). The molecule has 1 fully saturated rings. The monoisotopic (exact) mass is 346 g/mol. The molecule has 0 bridgehead atoms. The lowest BCUT2D eigenvalue weighted by Gasteiger charge is -2.34. The van der Waals surface area contributed by atoms with Crippen LogP contribution in [0.25, 0.3) is 10.9 Å². The van der Waals surface area contributed by atoms with Crippen molar-refractivity contribution in [3.63, 3.8) is 0 Å². The van der Waals surface area contributed by atoms with Crippen LogP contribution in [0, 0.1) is 5.82 Å². The van der Waals surface area contributed by atoms with Gasteiger partial charge in [-0.15, -0.1) is 0 Å². The molecule has 3 N–H and O–H groups in total. The molecule has 0 radical (unpaired) electrons. The summed E-state index contributed by atoms with van der Waals surface area (Å²) in [4.78, 5) is 19.3. The first kappa shape index (κ1) is 17.6. The van der Waals surface area contributed by atoms with Gasteiger partial charge in [-0.1, -0.05) is 0 Å². The Hall–Kier alpha value is -2.25. The van der Waals surface area contributed by atoms with Crippen molar-refractivity contribution >= 4 is 22.6 Å². The number of hydrogen-bond acceptors (Lipinski definition) is 5. The number of piperidine rings is 1. The van der Waals surface area contributed by atoms with Gasteiger partial charge in [0, 0.05) is 25.6 Å². The number of hydrogen-bond donors (Lipinski definition) is 2. The maximum absolute atomic E-state index is 13.6. The van der Waals surface area contributed by atoms with Crippen LogP contribution in [-0.4, -0.2) is 43.4 Å². The smallest absolute Gasteiger partial charge is 0.256 e. The SMILES string of the molecule is COC1CCCN(c2nc3ccc(F)cc3cc2C(=O)NC(C)N)C1. The number of nitrogens with two attached hydrogens (primary N) is 1. The second-order valence-electron chi connectivity index (χ2n) is 6.40. The van der Waals surface area contributed by atoms with Crippen LogP contribution >= 0.6 is 0 Å². The third kappa shape index (κ3) is 3.88. The number of nitrogens with zero attached hydrogens (tertiary/aromatic N) is 2. The van der Waals surface area contributed by atoms with Crippen LogP contribution in [-0.2, 0) is 4.74 Å². The molecule has 2 unspecified atom stereocenters. The third-order valence-electron chi connectivity index (χ3n) is 4.37. The average molecular weight is 346 g/mol. The molecule has 1 aromatic carbocycles. The third-order valence-corrected chi connectivity index (χ3v) is 4.37. The number of rotatable bonds is 4. The van der Waals surface area contributed by atoms with Crippen molar-refractivity contribution in [2.24, 2.45) is 5.73 Å². The zero-order valence-corrected chi connectivity index (χ0v) is 14.5. The van der Waals surface area contributed by atoms with Gasteiger partial charge in [0.05, 0.1) is 23.3 Å². The molecular formula is C18H23FN4O2. The largest absolute Gasteiger partial charge is 0.380 e.